The average molecular weight is 324 g/mol. The Morgan fingerprint density at radius 3 is 2.45 bits per heavy atom. The van der Waals surface area contributed by atoms with Crippen LogP contribution in [0.1, 0.15) is 25.7 Å². The average Bonchev–Trinajstić information content (AvgIpc) is 2.44. The summed E-state index contributed by atoms with van der Waals surface area (Å²) in [5.74, 6) is 0.989. The molecule has 5 nitrogen and oxygen atoms in total. The van der Waals surface area contributed by atoms with Crippen molar-refractivity contribution in [3.63, 3.8) is 0 Å². The zero-order valence-electron chi connectivity index (χ0n) is 12.2. The molecule has 1 heterocycles. The molecule has 0 atom stereocenters. The molecular weight excluding hydrogens is 298 g/mol. The quantitative estimate of drug-likeness (QED) is 0.651. The second-order valence-electron chi connectivity index (χ2n) is 4.74. The predicted molar refractivity (Wildman–Crippen MR) is 86.6 cm³/mol. The number of nitrogens with zero attached hydrogens (tertiary/aromatic N) is 1. The van der Waals surface area contributed by atoms with Crippen LogP contribution in [0.5, 0.6) is 0 Å². The Morgan fingerprint density at radius 2 is 1.80 bits per heavy atom. The van der Waals surface area contributed by atoms with Gasteiger partial charge in [-0.2, -0.15) is 0 Å². The van der Waals surface area contributed by atoms with Gasteiger partial charge in [-0.3, -0.25) is 9.59 Å². The number of carbonyl (C=O) groups is 2. The summed E-state index contributed by atoms with van der Waals surface area (Å²) in [6.45, 7) is 3.37. The summed E-state index contributed by atoms with van der Waals surface area (Å²) in [5.41, 5.74) is 0. The molecule has 0 bridgehead atoms. The highest BCUT2D eigenvalue weighted by Crippen LogP contribution is 2.11. The van der Waals surface area contributed by atoms with E-state index in [2.05, 4.69) is 10.6 Å². The molecule has 2 amide bonds. The minimum absolute atomic E-state index is 0. The highest BCUT2D eigenvalue weighted by molar-refractivity contribution is 8.00. The van der Waals surface area contributed by atoms with Crippen molar-refractivity contribution in [1.82, 2.24) is 15.5 Å². The third-order valence-electron chi connectivity index (χ3n) is 3.09. The minimum Gasteiger partial charge on any atom is -0.355 e. The van der Waals surface area contributed by atoms with E-state index in [1.165, 1.54) is 18.2 Å². The van der Waals surface area contributed by atoms with Gasteiger partial charge in [0.2, 0.25) is 11.8 Å². The Labute approximate surface area is 132 Å². The molecule has 1 fully saturated rings. The van der Waals surface area contributed by atoms with Gasteiger partial charge in [-0.25, -0.2) is 0 Å². The number of likely N-dealkylation sites (tertiary alicyclic amines) is 1. The van der Waals surface area contributed by atoms with Crippen molar-refractivity contribution in [3.05, 3.63) is 0 Å². The summed E-state index contributed by atoms with van der Waals surface area (Å²) in [6.07, 6.45) is 4.39. The van der Waals surface area contributed by atoms with Gasteiger partial charge in [-0.05, 0) is 39.3 Å². The molecule has 0 radical (unpaired) electrons. The molecule has 0 saturated carbocycles. The van der Waals surface area contributed by atoms with Gasteiger partial charge in [0, 0.05) is 19.6 Å². The first-order chi connectivity index (χ1) is 9.24. The first-order valence-corrected chi connectivity index (χ1v) is 8.16. The van der Waals surface area contributed by atoms with E-state index in [0.717, 1.165) is 38.9 Å². The lowest BCUT2D eigenvalue weighted by atomic mass is 10.1. The summed E-state index contributed by atoms with van der Waals surface area (Å²) in [4.78, 5) is 25.2. The molecule has 1 rings (SSSR count). The van der Waals surface area contributed by atoms with Gasteiger partial charge in [0.1, 0.15) is 0 Å². The lowest BCUT2D eigenvalue weighted by Crippen LogP contribution is -2.37. The number of amides is 2. The number of nitrogens with one attached hydrogen (secondary N) is 2. The van der Waals surface area contributed by atoms with Crippen LogP contribution in [0, 0.1) is 0 Å². The molecule has 1 saturated heterocycles. The van der Waals surface area contributed by atoms with Crippen molar-refractivity contribution in [2.24, 2.45) is 0 Å². The van der Waals surface area contributed by atoms with E-state index in [9.17, 15) is 9.59 Å². The van der Waals surface area contributed by atoms with Crippen molar-refractivity contribution in [1.29, 1.82) is 0 Å². The van der Waals surface area contributed by atoms with E-state index in [1.54, 1.807) is 0 Å². The highest BCUT2D eigenvalue weighted by atomic mass is 35.5. The summed E-state index contributed by atoms with van der Waals surface area (Å²) in [5, 5.41) is 5.88. The van der Waals surface area contributed by atoms with Crippen LogP contribution in [0.3, 0.4) is 0 Å². The van der Waals surface area contributed by atoms with Gasteiger partial charge >= 0.3 is 0 Å². The lowest BCUT2D eigenvalue weighted by Gasteiger charge is -2.26. The molecule has 1 aliphatic rings. The Balaban J connectivity index is 0.00000361. The van der Waals surface area contributed by atoms with Crippen molar-refractivity contribution in [2.45, 2.75) is 25.7 Å². The van der Waals surface area contributed by atoms with Crippen LogP contribution in [0.2, 0.25) is 0 Å². The largest absolute Gasteiger partial charge is 0.355 e. The van der Waals surface area contributed by atoms with Crippen molar-refractivity contribution >= 4 is 36.0 Å². The number of hydrogen-bond donors (Lipinski definition) is 2. The Bertz CT molecular complexity index is 287. The number of halogens is 1. The monoisotopic (exact) mass is 323 g/mol. The maximum atomic E-state index is 11.8. The molecule has 0 aliphatic carbocycles. The third kappa shape index (κ3) is 8.66. The fraction of sp³-hybridized carbons (Fsp3) is 0.846. The fourth-order valence-electron chi connectivity index (χ4n) is 2.01. The molecule has 118 valence electrons. The molecule has 20 heavy (non-hydrogen) atoms. The molecular formula is C13H26ClN3O2S. The Morgan fingerprint density at radius 1 is 1.10 bits per heavy atom. The summed E-state index contributed by atoms with van der Waals surface area (Å²) in [6, 6.07) is 0. The van der Waals surface area contributed by atoms with Crippen molar-refractivity contribution in [3.8, 4) is 0 Å². The molecule has 1 aliphatic heterocycles. The van der Waals surface area contributed by atoms with Crippen LogP contribution in [-0.4, -0.2) is 61.4 Å². The van der Waals surface area contributed by atoms with Gasteiger partial charge in [0.15, 0.2) is 0 Å². The van der Waals surface area contributed by atoms with Crippen LogP contribution in [-0.2, 0) is 9.59 Å². The predicted octanol–water partition coefficient (Wildman–Crippen LogP) is 0.880. The van der Waals surface area contributed by atoms with Crippen molar-refractivity contribution in [2.75, 3.05) is 44.7 Å². The Hall–Kier alpha value is -0.460. The van der Waals surface area contributed by atoms with E-state index in [0.29, 0.717) is 18.1 Å². The Kier molecular flexibility index (Phi) is 12.0. The molecule has 0 spiro atoms. The smallest absolute Gasteiger partial charge is 0.232 e. The molecule has 0 unspecified atom stereocenters. The van der Waals surface area contributed by atoms with Gasteiger partial charge in [-0.1, -0.05) is 0 Å². The van der Waals surface area contributed by atoms with E-state index in [4.69, 9.17) is 0 Å². The van der Waals surface area contributed by atoms with Crippen LogP contribution in [0.15, 0.2) is 0 Å². The fourth-order valence-corrected chi connectivity index (χ4v) is 2.76. The van der Waals surface area contributed by atoms with Gasteiger partial charge in [-0.15, -0.1) is 24.2 Å². The second kappa shape index (κ2) is 12.3. The standard InChI is InChI=1S/C13H25N3O2S.ClH/c1-14-6-5-7-15-12(17)10-19-11-13(18)16-8-3-2-4-9-16;/h14H,2-11H2,1H3,(H,15,17);1H. The molecule has 0 aromatic heterocycles. The zero-order chi connectivity index (χ0) is 13.9. The zero-order valence-corrected chi connectivity index (χ0v) is 13.8. The summed E-state index contributed by atoms with van der Waals surface area (Å²) in [7, 11) is 1.89. The number of hydrogen-bond acceptors (Lipinski definition) is 4. The van der Waals surface area contributed by atoms with Gasteiger partial charge in [0.05, 0.1) is 11.5 Å². The number of piperidine rings is 1. The van der Waals surface area contributed by atoms with Crippen LogP contribution in [0.4, 0.5) is 0 Å². The third-order valence-corrected chi connectivity index (χ3v) is 4.01. The maximum Gasteiger partial charge on any atom is 0.232 e. The summed E-state index contributed by atoms with van der Waals surface area (Å²) >= 11 is 1.41. The van der Waals surface area contributed by atoms with Crippen LogP contribution >= 0.6 is 24.2 Å². The summed E-state index contributed by atoms with van der Waals surface area (Å²) < 4.78 is 0. The first kappa shape index (κ1) is 19.5. The topological polar surface area (TPSA) is 61.4 Å². The number of rotatable bonds is 8. The lowest BCUT2D eigenvalue weighted by molar-refractivity contribution is -0.129. The van der Waals surface area contributed by atoms with Crippen LogP contribution < -0.4 is 10.6 Å². The maximum absolute atomic E-state index is 11.8. The molecule has 7 heteroatoms. The molecule has 0 aromatic carbocycles. The number of thioether (sulfide) groups is 1. The van der Waals surface area contributed by atoms with Crippen LogP contribution in [0.25, 0.3) is 0 Å². The molecule has 0 aromatic rings. The van der Waals surface area contributed by atoms with Gasteiger partial charge < -0.3 is 15.5 Å². The van der Waals surface area contributed by atoms with E-state index in [-0.39, 0.29) is 24.2 Å². The van der Waals surface area contributed by atoms with Crippen molar-refractivity contribution < 1.29 is 9.59 Å². The van der Waals surface area contributed by atoms with E-state index >= 15 is 0 Å². The van der Waals surface area contributed by atoms with Gasteiger partial charge in [0.25, 0.3) is 0 Å². The highest BCUT2D eigenvalue weighted by Gasteiger charge is 2.16. The first-order valence-electron chi connectivity index (χ1n) is 7.01. The minimum atomic E-state index is 0. The molecule has 2 N–H and O–H groups in total. The number of carbonyl (C=O) groups excluding carboxylic acids is 2. The normalized spacial score (nSPS) is 14.6. The second-order valence-corrected chi connectivity index (χ2v) is 5.73. The van der Waals surface area contributed by atoms with E-state index < -0.39 is 0 Å². The SMILES string of the molecule is CNCCCNC(=O)CSCC(=O)N1CCCCC1.Cl. The van der Waals surface area contributed by atoms with E-state index in [1.807, 2.05) is 11.9 Å².